The number of rotatable bonds is 8. The Balaban J connectivity index is 1.63. The molecule has 1 aromatic heterocycles. The van der Waals surface area contributed by atoms with E-state index in [1.807, 2.05) is 36.2 Å². The third-order valence-corrected chi connectivity index (χ3v) is 9.90. The molecule has 1 aliphatic carbocycles. The maximum absolute atomic E-state index is 13.7. The first kappa shape index (κ1) is 28.1. The molecule has 1 saturated carbocycles. The second kappa shape index (κ2) is 12.0. The molecule has 2 aromatic carbocycles. The van der Waals surface area contributed by atoms with Gasteiger partial charge in [-0.05, 0) is 50.8 Å². The minimum absolute atomic E-state index is 0.0734. The molecule has 3 aromatic rings. The summed E-state index contributed by atoms with van der Waals surface area (Å²) in [6, 6.07) is 12.9. The van der Waals surface area contributed by atoms with E-state index in [4.69, 9.17) is 28.3 Å². The topological polar surface area (TPSA) is 96.3 Å². The zero-order valence-corrected chi connectivity index (χ0v) is 24.2. The number of benzene rings is 2. The number of hydrogen-bond acceptors (Lipinski definition) is 5. The lowest BCUT2D eigenvalue weighted by molar-refractivity contribution is 0.0743. The molecular weight excluding hydrogens is 557 g/mol. The second-order valence-electron chi connectivity index (χ2n) is 10.3. The van der Waals surface area contributed by atoms with Gasteiger partial charge in [-0.1, -0.05) is 72.3 Å². The van der Waals surface area contributed by atoms with E-state index >= 15 is 0 Å². The van der Waals surface area contributed by atoms with Crippen molar-refractivity contribution in [2.24, 2.45) is 0 Å². The number of amides is 1. The SMILES string of the molecule is Cc1ccc(-c2c(CNS(=O)(=O)C3CCCC3)c(C(=O)NN3CCCCC3)nn2-c2ccc(Cl)cc2Cl)cc1. The average Bonchev–Trinajstić information content (AvgIpc) is 3.58. The number of carbonyl (C=O) groups is 1. The lowest BCUT2D eigenvalue weighted by atomic mass is 10.0. The molecule has 1 amide bonds. The molecule has 2 fully saturated rings. The summed E-state index contributed by atoms with van der Waals surface area (Å²) >= 11 is 12.8. The number of nitrogens with zero attached hydrogens (tertiary/aromatic N) is 3. The fourth-order valence-corrected chi connectivity index (χ4v) is 7.35. The molecule has 8 nitrogen and oxygen atoms in total. The van der Waals surface area contributed by atoms with Crippen LogP contribution in [0.1, 0.15) is 66.6 Å². The van der Waals surface area contributed by atoms with Crippen molar-refractivity contribution in [3.63, 3.8) is 0 Å². The van der Waals surface area contributed by atoms with E-state index in [0.29, 0.717) is 39.8 Å². The Labute approximate surface area is 239 Å². The van der Waals surface area contributed by atoms with Gasteiger partial charge in [0.1, 0.15) is 0 Å². The summed E-state index contributed by atoms with van der Waals surface area (Å²) < 4.78 is 30.8. The van der Waals surface area contributed by atoms with Gasteiger partial charge in [0.15, 0.2) is 5.69 Å². The summed E-state index contributed by atoms with van der Waals surface area (Å²) in [5.41, 5.74) is 6.61. The Bertz CT molecular complexity index is 1440. The van der Waals surface area contributed by atoms with Crippen LogP contribution < -0.4 is 10.1 Å². The molecule has 0 radical (unpaired) electrons. The Morgan fingerprint density at radius 2 is 1.69 bits per heavy atom. The Morgan fingerprint density at radius 1 is 1.00 bits per heavy atom. The average molecular weight is 591 g/mol. The van der Waals surface area contributed by atoms with Crippen LogP contribution in [0.2, 0.25) is 10.0 Å². The normalized spacial score (nSPS) is 17.0. The lowest BCUT2D eigenvalue weighted by Gasteiger charge is -2.26. The van der Waals surface area contributed by atoms with Gasteiger partial charge in [0, 0.05) is 35.8 Å². The number of aromatic nitrogens is 2. The minimum atomic E-state index is -3.58. The molecule has 2 aliphatic rings. The van der Waals surface area contributed by atoms with E-state index in [0.717, 1.165) is 56.3 Å². The zero-order chi connectivity index (χ0) is 27.6. The van der Waals surface area contributed by atoms with E-state index in [2.05, 4.69) is 10.1 Å². The highest BCUT2D eigenvalue weighted by Gasteiger charge is 2.31. The van der Waals surface area contributed by atoms with Crippen LogP contribution in [0.3, 0.4) is 0 Å². The summed E-state index contributed by atoms with van der Waals surface area (Å²) in [7, 11) is -3.58. The molecule has 39 heavy (non-hydrogen) atoms. The zero-order valence-electron chi connectivity index (χ0n) is 21.9. The van der Waals surface area contributed by atoms with Crippen LogP contribution in [-0.4, -0.2) is 47.5 Å². The number of nitrogens with one attached hydrogen (secondary N) is 2. The number of carbonyl (C=O) groups excluding carboxylic acids is 1. The fraction of sp³-hybridized carbons (Fsp3) is 0.429. The van der Waals surface area contributed by atoms with Crippen LogP contribution in [0.25, 0.3) is 16.9 Å². The van der Waals surface area contributed by atoms with Gasteiger partial charge in [-0.2, -0.15) is 5.10 Å². The van der Waals surface area contributed by atoms with Gasteiger partial charge in [0.25, 0.3) is 5.91 Å². The number of halogens is 2. The molecular formula is C28H33Cl2N5O3S. The van der Waals surface area contributed by atoms with Crippen molar-refractivity contribution in [1.29, 1.82) is 0 Å². The van der Waals surface area contributed by atoms with Gasteiger partial charge in [0.05, 0.1) is 21.7 Å². The third-order valence-electron chi connectivity index (χ3n) is 7.47. The summed E-state index contributed by atoms with van der Waals surface area (Å²) in [6.07, 6.45) is 6.20. The summed E-state index contributed by atoms with van der Waals surface area (Å²) in [5, 5.41) is 7.06. The predicted molar refractivity (Wildman–Crippen MR) is 155 cm³/mol. The van der Waals surface area contributed by atoms with Crippen LogP contribution in [0.4, 0.5) is 0 Å². The minimum Gasteiger partial charge on any atom is -0.283 e. The summed E-state index contributed by atoms with van der Waals surface area (Å²) in [5.74, 6) is -0.385. The highest BCUT2D eigenvalue weighted by atomic mass is 35.5. The first-order valence-corrected chi connectivity index (χ1v) is 15.7. The third kappa shape index (κ3) is 6.33. The highest BCUT2D eigenvalue weighted by Crippen LogP contribution is 2.34. The maximum atomic E-state index is 13.7. The lowest BCUT2D eigenvalue weighted by Crippen LogP contribution is -2.45. The molecule has 5 rings (SSSR count). The quantitative estimate of drug-likeness (QED) is 0.354. The first-order valence-electron chi connectivity index (χ1n) is 13.4. The van der Waals surface area contributed by atoms with E-state index < -0.39 is 15.3 Å². The number of hydrogen-bond donors (Lipinski definition) is 2. The van der Waals surface area contributed by atoms with Crippen molar-refractivity contribution >= 4 is 39.1 Å². The highest BCUT2D eigenvalue weighted by molar-refractivity contribution is 7.90. The van der Waals surface area contributed by atoms with Gasteiger partial charge >= 0.3 is 0 Å². The maximum Gasteiger partial charge on any atom is 0.286 e. The van der Waals surface area contributed by atoms with Crippen LogP contribution >= 0.6 is 23.2 Å². The second-order valence-corrected chi connectivity index (χ2v) is 13.2. The Kier molecular flexibility index (Phi) is 8.63. The van der Waals surface area contributed by atoms with Gasteiger partial charge in [-0.15, -0.1) is 0 Å². The molecule has 208 valence electrons. The van der Waals surface area contributed by atoms with Crippen molar-refractivity contribution in [2.75, 3.05) is 13.1 Å². The monoisotopic (exact) mass is 589 g/mol. The van der Waals surface area contributed by atoms with E-state index in [-0.39, 0.29) is 18.1 Å². The van der Waals surface area contributed by atoms with E-state index in [1.54, 1.807) is 22.9 Å². The van der Waals surface area contributed by atoms with Gasteiger partial charge in [-0.25, -0.2) is 22.8 Å². The smallest absolute Gasteiger partial charge is 0.283 e. The van der Waals surface area contributed by atoms with Crippen molar-refractivity contribution in [1.82, 2.24) is 24.9 Å². The van der Waals surface area contributed by atoms with Crippen LogP contribution in [-0.2, 0) is 16.6 Å². The first-order chi connectivity index (χ1) is 18.7. The molecule has 11 heteroatoms. The van der Waals surface area contributed by atoms with Crippen molar-refractivity contribution in [2.45, 2.75) is 63.7 Å². The molecule has 0 atom stereocenters. The molecule has 0 bridgehead atoms. The summed E-state index contributed by atoms with van der Waals surface area (Å²) in [6.45, 7) is 3.43. The Morgan fingerprint density at radius 3 is 2.36 bits per heavy atom. The number of piperidine rings is 1. The largest absolute Gasteiger partial charge is 0.286 e. The molecule has 1 saturated heterocycles. The molecule has 0 spiro atoms. The summed E-state index contributed by atoms with van der Waals surface area (Å²) in [4.78, 5) is 13.7. The van der Waals surface area contributed by atoms with Gasteiger partial charge < -0.3 is 0 Å². The molecule has 2 N–H and O–H groups in total. The number of sulfonamides is 1. The van der Waals surface area contributed by atoms with Crippen LogP contribution in [0.15, 0.2) is 42.5 Å². The standard InChI is InChI=1S/C28H33Cl2N5O3S/c1-19-9-11-20(12-10-19)27-23(18-31-39(37,38)22-7-3-4-8-22)26(28(36)33-34-15-5-2-6-16-34)32-35(27)25-14-13-21(29)17-24(25)30/h9-14,17,22,31H,2-8,15-16,18H2,1H3,(H,33,36). The van der Waals surface area contributed by atoms with Crippen LogP contribution in [0, 0.1) is 6.92 Å². The van der Waals surface area contributed by atoms with Crippen LogP contribution in [0.5, 0.6) is 0 Å². The number of hydrazine groups is 1. The van der Waals surface area contributed by atoms with E-state index in [1.165, 1.54) is 0 Å². The van der Waals surface area contributed by atoms with Crippen molar-refractivity contribution in [3.05, 3.63) is 69.3 Å². The molecule has 2 heterocycles. The van der Waals surface area contributed by atoms with Gasteiger partial charge in [0.2, 0.25) is 10.0 Å². The van der Waals surface area contributed by atoms with Gasteiger partial charge in [-0.3, -0.25) is 10.2 Å². The molecule has 1 aliphatic heterocycles. The number of aryl methyl sites for hydroxylation is 1. The van der Waals surface area contributed by atoms with E-state index in [9.17, 15) is 13.2 Å². The predicted octanol–water partition coefficient (Wildman–Crippen LogP) is 5.65. The fourth-order valence-electron chi connectivity index (χ4n) is 5.33. The van der Waals surface area contributed by atoms with Crippen molar-refractivity contribution in [3.8, 4) is 16.9 Å². The Hall–Kier alpha value is -2.43. The molecule has 0 unspecified atom stereocenters. The van der Waals surface area contributed by atoms with Crippen molar-refractivity contribution < 1.29 is 13.2 Å².